The normalized spacial score (nSPS) is 27.1. The van der Waals surface area contributed by atoms with Crippen molar-refractivity contribution in [3.8, 4) is 0 Å². The Morgan fingerprint density at radius 1 is 1.14 bits per heavy atom. The van der Waals surface area contributed by atoms with Crippen molar-refractivity contribution in [2.24, 2.45) is 11.8 Å². The molecule has 1 N–H and O–H groups in total. The van der Waals surface area contributed by atoms with Gasteiger partial charge >= 0.3 is 0 Å². The average Bonchev–Trinajstić information content (AvgIpc) is 2.65. The van der Waals surface area contributed by atoms with Crippen molar-refractivity contribution < 1.29 is 0 Å². The third-order valence-electron chi connectivity index (χ3n) is 5.19. The highest BCUT2D eigenvalue weighted by atomic mass is 15.3. The van der Waals surface area contributed by atoms with Crippen molar-refractivity contribution in [1.82, 2.24) is 15.1 Å². The zero-order valence-corrected chi connectivity index (χ0v) is 15.0. The molecule has 3 heteroatoms. The molecule has 120 valence electrons. The van der Waals surface area contributed by atoms with Gasteiger partial charge in [0.25, 0.3) is 0 Å². The van der Waals surface area contributed by atoms with Gasteiger partial charge in [0.2, 0.25) is 0 Å². The van der Waals surface area contributed by atoms with Crippen LogP contribution >= 0.6 is 0 Å². The van der Waals surface area contributed by atoms with Crippen molar-refractivity contribution in [1.29, 1.82) is 0 Å². The Bertz CT molecular complexity index is 481. The summed E-state index contributed by atoms with van der Waals surface area (Å²) in [7, 11) is 0. The van der Waals surface area contributed by atoms with Crippen molar-refractivity contribution in [2.75, 3.05) is 0 Å². The first-order valence-corrected chi connectivity index (χ1v) is 8.48. The number of aryl methyl sites for hydroxylation is 1. The van der Waals surface area contributed by atoms with E-state index in [1.165, 1.54) is 36.2 Å². The maximum Gasteiger partial charge on any atom is 0.0641 e. The van der Waals surface area contributed by atoms with E-state index in [0.29, 0.717) is 6.04 Å². The van der Waals surface area contributed by atoms with E-state index in [4.69, 9.17) is 5.10 Å². The van der Waals surface area contributed by atoms with Crippen LogP contribution in [0.25, 0.3) is 0 Å². The summed E-state index contributed by atoms with van der Waals surface area (Å²) in [6.45, 7) is 16.7. The summed E-state index contributed by atoms with van der Waals surface area (Å²) >= 11 is 0. The highest BCUT2D eigenvalue weighted by molar-refractivity contribution is 5.25. The smallest absolute Gasteiger partial charge is 0.0641 e. The number of aromatic nitrogens is 2. The summed E-state index contributed by atoms with van der Waals surface area (Å²) in [5.74, 6) is 1.67. The molecule has 0 amide bonds. The molecule has 21 heavy (non-hydrogen) atoms. The molecule has 0 aliphatic heterocycles. The van der Waals surface area contributed by atoms with E-state index in [0.717, 1.165) is 18.4 Å². The van der Waals surface area contributed by atoms with E-state index in [1.54, 1.807) is 0 Å². The lowest BCUT2D eigenvalue weighted by atomic mass is 9.79. The molecule has 1 aliphatic carbocycles. The summed E-state index contributed by atoms with van der Waals surface area (Å²) in [6, 6.07) is 0.596. The number of nitrogens with zero attached hydrogens (tertiary/aromatic N) is 2. The maximum atomic E-state index is 4.87. The molecule has 1 aromatic rings. The predicted molar refractivity (Wildman–Crippen MR) is 89.5 cm³/mol. The predicted octanol–water partition coefficient (Wildman–Crippen LogP) is 4.39. The lowest BCUT2D eigenvalue weighted by Gasteiger charge is -2.32. The molecule has 0 bridgehead atoms. The van der Waals surface area contributed by atoms with E-state index < -0.39 is 0 Å². The molecule has 0 spiro atoms. The van der Waals surface area contributed by atoms with Crippen LogP contribution in [0.2, 0.25) is 0 Å². The Morgan fingerprint density at radius 3 is 2.38 bits per heavy atom. The second kappa shape index (κ2) is 6.12. The second-order valence-corrected chi connectivity index (χ2v) is 8.12. The molecule has 1 heterocycles. The standard InChI is InChI=1S/C18H33N3/c1-12-8-9-16(10-13(12)2)21-15(4)17(14(3)20-21)11-19-18(5,6)7/h12-13,16,19H,8-11H2,1-7H3. The van der Waals surface area contributed by atoms with Gasteiger partial charge in [-0.25, -0.2) is 0 Å². The monoisotopic (exact) mass is 291 g/mol. The first-order valence-electron chi connectivity index (χ1n) is 8.48. The molecule has 1 aliphatic rings. The van der Waals surface area contributed by atoms with Crippen molar-refractivity contribution in [3.05, 3.63) is 17.0 Å². The van der Waals surface area contributed by atoms with E-state index in [2.05, 4.69) is 58.5 Å². The fourth-order valence-corrected chi connectivity index (χ4v) is 3.40. The molecule has 3 atom stereocenters. The topological polar surface area (TPSA) is 29.9 Å². The molecular weight excluding hydrogens is 258 g/mol. The van der Waals surface area contributed by atoms with Crippen LogP contribution in [0.15, 0.2) is 0 Å². The third-order valence-corrected chi connectivity index (χ3v) is 5.19. The molecule has 1 saturated carbocycles. The lowest BCUT2D eigenvalue weighted by molar-refractivity contribution is 0.198. The largest absolute Gasteiger partial charge is 0.308 e. The summed E-state index contributed by atoms with van der Waals surface area (Å²) in [5.41, 5.74) is 4.08. The summed E-state index contributed by atoms with van der Waals surface area (Å²) in [4.78, 5) is 0. The third kappa shape index (κ3) is 3.88. The van der Waals surface area contributed by atoms with Crippen LogP contribution in [-0.2, 0) is 6.54 Å². The van der Waals surface area contributed by atoms with Crippen molar-refractivity contribution in [2.45, 2.75) is 85.9 Å². The van der Waals surface area contributed by atoms with Gasteiger partial charge in [0, 0.05) is 23.3 Å². The van der Waals surface area contributed by atoms with Gasteiger partial charge in [-0.05, 0) is 65.7 Å². The van der Waals surface area contributed by atoms with Crippen LogP contribution < -0.4 is 5.32 Å². The number of hydrogen-bond acceptors (Lipinski definition) is 2. The summed E-state index contributed by atoms with van der Waals surface area (Å²) < 4.78 is 2.32. The van der Waals surface area contributed by atoms with Crippen LogP contribution in [0.4, 0.5) is 0 Å². The number of hydrogen-bond donors (Lipinski definition) is 1. The Hall–Kier alpha value is -0.830. The van der Waals surface area contributed by atoms with Gasteiger partial charge < -0.3 is 5.32 Å². The molecule has 1 aromatic heterocycles. The Morgan fingerprint density at radius 2 is 1.81 bits per heavy atom. The van der Waals surface area contributed by atoms with Gasteiger partial charge in [-0.15, -0.1) is 0 Å². The van der Waals surface area contributed by atoms with Crippen LogP contribution in [0.5, 0.6) is 0 Å². The first-order chi connectivity index (χ1) is 9.69. The Kier molecular flexibility index (Phi) is 4.82. The Balaban J connectivity index is 2.15. The molecule has 2 rings (SSSR count). The van der Waals surface area contributed by atoms with Gasteiger partial charge in [0.1, 0.15) is 0 Å². The molecule has 0 aromatic carbocycles. The minimum absolute atomic E-state index is 0.149. The lowest BCUT2D eigenvalue weighted by Crippen LogP contribution is -2.35. The molecule has 0 saturated heterocycles. The summed E-state index contributed by atoms with van der Waals surface area (Å²) in [5, 5.41) is 8.47. The van der Waals surface area contributed by atoms with E-state index >= 15 is 0 Å². The molecule has 1 fully saturated rings. The minimum Gasteiger partial charge on any atom is -0.308 e. The van der Waals surface area contributed by atoms with Crippen LogP contribution in [0, 0.1) is 25.7 Å². The van der Waals surface area contributed by atoms with Crippen LogP contribution in [0.3, 0.4) is 0 Å². The molecule has 3 nitrogen and oxygen atoms in total. The quantitative estimate of drug-likeness (QED) is 0.895. The highest BCUT2D eigenvalue weighted by Crippen LogP contribution is 2.37. The van der Waals surface area contributed by atoms with Crippen LogP contribution in [-0.4, -0.2) is 15.3 Å². The highest BCUT2D eigenvalue weighted by Gasteiger charge is 2.28. The van der Waals surface area contributed by atoms with Gasteiger partial charge in [0.15, 0.2) is 0 Å². The minimum atomic E-state index is 0.149. The van der Waals surface area contributed by atoms with Crippen molar-refractivity contribution >= 4 is 0 Å². The first kappa shape index (κ1) is 16.5. The van der Waals surface area contributed by atoms with Gasteiger partial charge in [-0.3, -0.25) is 4.68 Å². The zero-order chi connectivity index (χ0) is 15.8. The Labute approximate surface area is 130 Å². The molecular formula is C18H33N3. The second-order valence-electron chi connectivity index (χ2n) is 8.12. The van der Waals surface area contributed by atoms with E-state index in [-0.39, 0.29) is 5.54 Å². The zero-order valence-electron chi connectivity index (χ0n) is 15.0. The van der Waals surface area contributed by atoms with Gasteiger partial charge in [-0.2, -0.15) is 5.10 Å². The van der Waals surface area contributed by atoms with Gasteiger partial charge in [-0.1, -0.05) is 13.8 Å². The SMILES string of the molecule is Cc1nn(C2CCC(C)C(C)C2)c(C)c1CNC(C)(C)C. The van der Waals surface area contributed by atoms with E-state index in [1.807, 2.05) is 0 Å². The van der Waals surface area contributed by atoms with E-state index in [9.17, 15) is 0 Å². The van der Waals surface area contributed by atoms with Crippen LogP contribution in [0.1, 0.15) is 76.9 Å². The number of nitrogens with one attached hydrogen (secondary N) is 1. The van der Waals surface area contributed by atoms with Crippen molar-refractivity contribution in [3.63, 3.8) is 0 Å². The average molecular weight is 291 g/mol. The fraction of sp³-hybridized carbons (Fsp3) is 0.833. The summed E-state index contributed by atoms with van der Waals surface area (Å²) in [6.07, 6.45) is 3.88. The number of rotatable bonds is 3. The molecule has 0 radical (unpaired) electrons. The maximum absolute atomic E-state index is 4.87. The fourth-order valence-electron chi connectivity index (χ4n) is 3.40. The van der Waals surface area contributed by atoms with Gasteiger partial charge in [0.05, 0.1) is 11.7 Å². The molecule has 3 unspecified atom stereocenters.